The van der Waals surface area contributed by atoms with Gasteiger partial charge in [0.25, 0.3) is 0 Å². The first-order chi connectivity index (χ1) is 10.4. The molecule has 2 aromatic rings. The van der Waals surface area contributed by atoms with Gasteiger partial charge >= 0.3 is 0 Å². The largest absolute Gasteiger partial charge is 0.467 e. The third-order valence-electron chi connectivity index (χ3n) is 2.87. The van der Waals surface area contributed by atoms with Crippen molar-refractivity contribution in [3.8, 4) is 0 Å². The number of hydrogen-bond acceptors (Lipinski definition) is 4. The van der Waals surface area contributed by atoms with Crippen molar-refractivity contribution >= 4 is 27.5 Å². The zero-order valence-corrected chi connectivity index (χ0v) is 13.3. The van der Waals surface area contributed by atoms with Gasteiger partial charge in [-0.15, -0.1) is 0 Å². The number of carbonyl (C=O) groups excluding carboxylic acids is 1. The lowest BCUT2D eigenvalue weighted by Gasteiger charge is -2.14. The van der Waals surface area contributed by atoms with Gasteiger partial charge in [-0.2, -0.15) is 4.72 Å². The molecule has 0 spiro atoms. The first-order valence-corrected chi connectivity index (χ1v) is 8.32. The van der Waals surface area contributed by atoms with Crippen LogP contribution < -0.4 is 10.0 Å². The van der Waals surface area contributed by atoms with Gasteiger partial charge in [-0.05, 0) is 43.3 Å². The van der Waals surface area contributed by atoms with E-state index >= 15 is 0 Å². The fourth-order valence-electron chi connectivity index (χ4n) is 1.71. The molecule has 0 aliphatic rings. The van der Waals surface area contributed by atoms with Gasteiger partial charge in [0.2, 0.25) is 15.9 Å². The third-order valence-corrected chi connectivity index (χ3v) is 4.67. The average molecular weight is 343 g/mol. The number of nitrogens with one attached hydrogen (secondary N) is 2. The van der Waals surface area contributed by atoms with Crippen molar-refractivity contribution in [3.63, 3.8) is 0 Å². The lowest BCUT2D eigenvalue weighted by molar-refractivity contribution is -0.122. The lowest BCUT2D eigenvalue weighted by Crippen LogP contribution is -2.44. The van der Waals surface area contributed by atoms with Crippen LogP contribution in [0, 0.1) is 0 Å². The Bertz CT molecular complexity index is 727. The summed E-state index contributed by atoms with van der Waals surface area (Å²) >= 11 is 5.72. The quantitative estimate of drug-likeness (QED) is 0.839. The SMILES string of the molecule is C[C@@H](NS(=O)(=O)c1ccc(Cl)cc1)C(=O)NCc1ccco1. The van der Waals surface area contributed by atoms with Crippen LogP contribution in [0.5, 0.6) is 0 Å². The molecule has 2 N–H and O–H groups in total. The monoisotopic (exact) mass is 342 g/mol. The summed E-state index contributed by atoms with van der Waals surface area (Å²) in [5.74, 6) is 0.134. The minimum absolute atomic E-state index is 0.0441. The van der Waals surface area contributed by atoms with Crippen LogP contribution in [0.2, 0.25) is 5.02 Å². The molecule has 1 amide bonds. The molecule has 118 valence electrons. The molecule has 0 aliphatic heterocycles. The molecule has 0 saturated carbocycles. The zero-order valence-electron chi connectivity index (χ0n) is 11.7. The summed E-state index contributed by atoms with van der Waals surface area (Å²) in [6.45, 7) is 1.66. The average Bonchev–Trinajstić information content (AvgIpc) is 2.98. The number of benzene rings is 1. The van der Waals surface area contributed by atoms with E-state index in [1.165, 1.54) is 37.5 Å². The summed E-state index contributed by atoms with van der Waals surface area (Å²) < 4.78 is 31.7. The highest BCUT2D eigenvalue weighted by Gasteiger charge is 2.21. The highest BCUT2D eigenvalue weighted by Crippen LogP contribution is 2.14. The molecule has 8 heteroatoms. The second kappa shape index (κ2) is 6.95. The van der Waals surface area contributed by atoms with Crippen LogP contribution in [0.1, 0.15) is 12.7 Å². The smallest absolute Gasteiger partial charge is 0.241 e. The normalized spacial score (nSPS) is 12.8. The van der Waals surface area contributed by atoms with Crippen LogP contribution in [0.15, 0.2) is 52.0 Å². The molecule has 0 saturated heterocycles. The minimum Gasteiger partial charge on any atom is -0.467 e. The first kappa shape index (κ1) is 16.5. The van der Waals surface area contributed by atoms with E-state index in [1.807, 2.05) is 0 Å². The fraction of sp³-hybridized carbons (Fsp3) is 0.214. The number of furan rings is 1. The van der Waals surface area contributed by atoms with Gasteiger partial charge in [-0.1, -0.05) is 11.6 Å². The molecular weight excluding hydrogens is 328 g/mol. The van der Waals surface area contributed by atoms with Gasteiger partial charge in [-0.3, -0.25) is 4.79 Å². The summed E-state index contributed by atoms with van der Waals surface area (Å²) in [4.78, 5) is 11.9. The number of carbonyl (C=O) groups is 1. The lowest BCUT2D eigenvalue weighted by atomic mass is 10.3. The Hall–Kier alpha value is -1.83. The topological polar surface area (TPSA) is 88.4 Å². The molecule has 1 aromatic heterocycles. The van der Waals surface area contributed by atoms with Crippen LogP contribution in [0.25, 0.3) is 0 Å². The van der Waals surface area contributed by atoms with Gasteiger partial charge in [0.1, 0.15) is 5.76 Å². The van der Waals surface area contributed by atoms with E-state index in [1.54, 1.807) is 12.1 Å². The molecule has 0 unspecified atom stereocenters. The second-order valence-corrected chi connectivity index (χ2v) is 6.74. The molecule has 0 radical (unpaired) electrons. The third kappa shape index (κ3) is 4.33. The Labute approximate surface area is 133 Å². The minimum atomic E-state index is -3.79. The molecule has 0 fully saturated rings. The van der Waals surface area contributed by atoms with Crippen molar-refractivity contribution < 1.29 is 17.6 Å². The molecular formula is C14H15ClN2O4S. The molecule has 0 bridgehead atoms. The maximum Gasteiger partial charge on any atom is 0.241 e. The van der Waals surface area contributed by atoms with Gasteiger partial charge in [0, 0.05) is 5.02 Å². The van der Waals surface area contributed by atoms with E-state index in [2.05, 4.69) is 10.0 Å². The van der Waals surface area contributed by atoms with E-state index in [9.17, 15) is 13.2 Å². The van der Waals surface area contributed by atoms with Gasteiger partial charge in [0.15, 0.2) is 0 Å². The molecule has 1 aromatic carbocycles. The Morgan fingerprint density at radius 3 is 2.55 bits per heavy atom. The standard InChI is InChI=1S/C14H15ClN2O4S/c1-10(14(18)16-9-12-3-2-8-21-12)17-22(19,20)13-6-4-11(15)5-7-13/h2-8,10,17H,9H2,1H3,(H,16,18)/t10-/m1/s1. The second-order valence-electron chi connectivity index (χ2n) is 4.59. The highest BCUT2D eigenvalue weighted by atomic mass is 35.5. The van der Waals surface area contributed by atoms with E-state index in [-0.39, 0.29) is 11.4 Å². The molecule has 0 aliphatic carbocycles. The van der Waals surface area contributed by atoms with Crippen LogP contribution in [-0.4, -0.2) is 20.4 Å². The van der Waals surface area contributed by atoms with Crippen molar-refractivity contribution in [3.05, 3.63) is 53.4 Å². The van der Waals surface area contributed by atoms with Crippen LogP contribution in [-0.2, 0) is 21.4 Å². The number of rotatable bonds is 6. The van der Waals surface area contributed by atoms with Crippen molar-refractivity contribution in [2.45, 2.75) is 24.4 Å². The van der Waals surface area contributed by atoms with Gasteiger partial charge in [0.05, 0.1) is 23.7 Å². The van der Waals surface area contributed by atoms with Crippen LogP contribution in [0.4, 0.5) is 0 Å². The first-order valence-electron chi connectivity index (χ1n) is 6.46. The maximum absolute atomic E-state index is 12.1. The molecule has 2 rings (SSSR count). The van der Waals surface area contributed by atoms with E-state index in [0.29, 0.717) is 10.8 Å². The van der Waals surface area contributed by atoms with Crippen molar-refractivity contribution in [2.75, 3.05) is 0 Å². The van der Waals surface area contributed by atoms with Crippen LogP contribution >= 0.6 is 11.6 Å². The Balaban J connectivity index is 1.96. The predicted octanol–water partition coefficient (Wildman–Crippen LogP) is 1.92. The fourth-order valence-corrected chi connectivity index (χ4v) is 3.04. The summed E-state index contributed by atoms with van der Waals surface area (Å²) in [7, 11) is -3.79. The molecule has 6 nitrogen and oxygen atoms in total. The predicted molar refractivity (Wildman–Crippen MR) is 81.8 cm³/mol. The summed E-state index contributed by atoms with van der Waals surface area (Å²) in [6.07, 6.45) is 1.49. The summed E-state index contributed by atoms with van der Waals surface area (Å²) in [5, 5.41) is 3.02. The number of sulfonamides is 1. The molecule has 22 heavy (non-hydrogen) atoms. The Kier molecular flexibility index (Phi) is 5.23. The Morgan fingerprint density at radius 2 is 1.95 bits per heavy atom. The van der Waals surface area contributed by atoms with Crippen LogP contribution in [0.3, 0.4) is 0 Å². The highest BCUT2D eigenvalue weighted by molar-refractivity contribution is 7.89. The van der Waals surface area contributed by atoms with Crippen molar-refractivity contribution in [2.24, 2.45) is 0 Å². The summed E-state index contributed by atoms with van der Waals surface area (Å²) in [5.41, 5.74) is 0. The molecule has 1 heterocycles. The van der Waals surface area contributed by atoms with E-state index in [4.69, 9.17) is 16.0 Å². The number of hydrogen-bond donors (Lipinski definition) is 2. The van der Waals surface area contributed by atoms with E-state index < -0.39 is 22.0 Å². The van der Waals surface area contributed by atoms with Gasteiger partial charge < -0.3 is 9.73 Å². The van der Waals surface area contributed by atoms with Crippen molar-refractivity contribution in [1.82, 2.24) is 10.0 Å². The Morgan fingerprint density at radius 1 is 1.27 bits per heavy atom. The zero-order chi connectivity index (χ0) is 16.2. The number of halogens is 1. The molecule has 1 atom stereocenters. The summed E-state index contributed by atoms with van der Waals surface area (Å²) in [6, 6.07) is 8.18. The maximum atomic E-state index is 12.1. The van der Waals surface area contributed by atoms with E-state index in [0.717, 1.165) is 0 Å². The number of amides is 1. The van der Waals surface area contributed by atoms with Gasteiger partial charge in [-0.25, -0.2) is 8.42 Å². The van der Waals surface area contributed by atoms with Crippen molar-refractivity contribution in [1.29, 1.82) is 0 Å².